The van der Waals surface area contributed by atoms with Crippen molar-refractivity contribution in [2.45, 2.75) is 26.2 Å². The van der Waals surface area contributed by atoms with E-state index < -0.39 is 0 Å². The Balaban J connectivity index is 2.04. The third-order valence-corrected chi connectivity index (χ3v) is 2.27. The van der Waals surface area contributed by atoms with Gasteiger partial charge in [-0.05, 0) is 23.9 Å². The summed E-state index contributed by atoms with van der Waals surface area (Å²) in [6.45, 7) is 3.07. The second-order valence-electron chi connectivity index (χ2n) is 2.49. The Bertz CT molecular complexity index is 170. The van der Waals surface area contributed by atoms with E-state index in [-0.39, 0.29) is 0 Å². The Hall–Kier alpha value is -0.500. The van der Waals surface area contributed by atoms with Gasteiger partial charge in [-0.25, -0.2) is 0 Å². The zero-order valence-electron chi connectivity index (χ0n) is 6.88. The van der Waals surface area contributed by atoms with Crippen LogP contribution in [-0.2, 0) is 0 Å². The zero-order valence-corrected chi connectivity index (χ0v) is 7.69. The lowest BCUT2D eigenvalue weighted by Crippen LogP contribution is -1.94. The molecule has 11 heavy (non-hydrogen) atoms. The molecule has 0 radical (unpaired) electrons. The third kappa shape index (κ3) is 3.42. The number of ether oxygens (including phenoxy) is 1. The highest BCUT2D eigenvalue weighted by atomic mass is 32.1. The molecule has 0 saturated carbocycles. The maximum absolute atomic E-state index is 5.47. The van der Waals surface area contributed by atoms with Crippen molar-refractivity contribution in [2.75, 3.05) is 6.61 Å². The Morgan fingerprint density at radius 1 is 1.45 bits per heavy atom. The fourth-order valence-electron chi connectivity index (χ4n) is 0.870. The van der Waals surface area contributed by atoms with Gasteiger partial charge in [0.2, 0.25) is 0 Å². The van der Waals surface area contributed by atoms with Crippen LogP contribution >= 0.6 is 11.3 Å². The summed E-state index contributed by atoms with van der Waals surface area (Å²) in [5.74, 6) is 0. The molecule has 0 saturated heterocycles. The van der Waals surface area contributed by atoms with E-state index in [0.717, 1.165) is 11.7 Å². The number of unbranched alkanes of at least 4 members (excludes halogenated alkanes) is 2. The molecule has 0 aliphatic rings. The van der Waals surface area contributed by atoms with E-state index in [0.29, 0.717) is 0 Å². The van der Waals surface area contributed by atoms with Gasteiger partial charge in [-0.1, -0.05) is 19.8 Å². The lowest BCUT2D eigenvalue weighted by molar-refractivity contribution is 0.315. The molecular weight excluding hydrogens is 156 g/mol. The molecule has 0 atom stereocenters. The van der Waals surface area contributed by atoms with E-state index in [4.69, 9.17) is 4.74 Å². The molecule has 0 fully saturated rings. The fourth-order valence-corrected chi connectivity index (χ4v) is 1.47. The standard InChI is InChI=1S/C9H14OS/c1-2-3-4-7-10-9-6-5-8-11-9/h5-6,8H,2-4,7H2,1H3. The largest absolute Gasteiger partial charge is 0.484 e. The van der Waals surface area contributed by atoms with Crippen molar-refractivity contribution in [1.29, 1.82) is 0 Å². The topological polar surface area (TPSA) is 9.23 Å². The Morgan fingerprint density at radius 2 is 2.36 bits per heavy atom. The predicted molar refractivity (Wildman–Crippen MR) is 49.3 cm³/mol. The van der Waals surface area contributed by atoms with Crippen LogP contribution in [0.1, 0.15) is 26.2 Å². The third-order valence-electron chi connectivity index (χ3n) is 1.49. The Labute approximate surface area is 72.0 Å². The van der Waals surface area contributed by atoms with Crippen molar-refractivity contribution >= 4 is 11.3 Å². The summed E-state index contributed by atoms with van der Waals surface area (Å²) in [5.41, 5.74) is 0. The van der Waals surface area contributed by atoms with Gasteiger partial charge >= 0.3 is 0 Å². The summed E-state index contributed by atoms with van der Waals surface area (Å²) < 4.78 is 5.47. The summed E-state index contributed by atoms with van der Waals surface area (Å²) in [5, 5.41) is 3.08. The van der Waals surface area contributed by atoms with E-state index in [1.165, 1.54) is 19.3 Å². The minimum atomic E-state index is 0.869. The summed E-state index contributed by atoms with van der Waals surface area (Å²) in [4.78, 5) is 0. The van der Waals surface area contributed by atoms with Crippen molar-refractivity contribution in [3.8, 4) is 5.06 Å². The highest BCUT2D eigenvalue weighted by Gasteiger charge is 1.91. The van der Waals surface area contributed by atoms with Crippen molar-refractivity contribution < 1.29 is 4.74 Å². The summed E-state index contributed by atoms with van der Waals surface area (Å²) >= 11 is 1.66. The van der Waals surface area contributed by atoms with Gasteiger partial charge in [0.25, 0.3) is 0 Å². The molecule has 0 N–H and O–H groups in total. The van der Waals surface area contributed by atoms with Gasteiger partial charge in [0.15, 0.2) is 5.06 Å². The second-order valence-corrected chi connectivity index (χ2v) is 3.40. The Kier molecular flexibility index (Phi) is 4.06. The van der Waals surface area contributed by atoms with Gasteiger partial charge in [0.05, 0.1) is 6.61 Å². The first-order valence-electron chi connectivity index (χ1n) is 4.10. The van der Waals surface area contributed by atoms with Gasteiger partial charge in [-0.3, -0.25) is 0 Å². The van der Waals surface area contributed by atoms with E-state index >= 15 is 0 Å². The van der Waals surface area contributed by atoms with Crippen LogP contribution in [0, 0.1) is 0 Å². The molecular formula is C9H14OS. The van der Waals surface area contributed by atoms with Crippen LogP contribution in [-0.4, -0.2) is 6.61 Å². The maximum Gasteiger partial charge on any atom is 0.173 e. The van der Waals surface area contributed by atoms with E-state index in [1.807, 2.05) is 17.5 Å². The summed E-state index contributed by atoms with van der Waals surface area (Å²) in [6.07, 6.45) is 3.70. The molecule has 1 aromatic rings. The molecule has 0 bridgehead atoms. The van der Waals surface area contributed by atoms with Crippen LogP contribution in [0.2, 0.25) is 0 Å². The molecule has 2 heteroatoms. The average Bonchev–Trinajstić information content (AvgIpc) is 2.50. The molecule has 1 nitrogen and oxygen atoms in total. The van der Waals surface area contributed by atoms with Crippen molar-refractivity contribution in [3.05, 3.63) is 17.5 Å². The van der Waals surface area contributed by atoms with Crippen LogP contribution in [0.5, 0.6) is 5.06 Å². The minimum Gasteiger partial charge on any atom is -0.484 e. The molecule has 1 heterocycles. The van der Waals surface area contributed by atoms with Crippen molar-refractivity contribution in [2.24, 2.45) is 0 Å². The van der Waals surface area contributed by atoms with Gasteiger partial charge in [-0.2, -0.15) is 0 Å². The highest BCUT2D eigenvalue weighted by Crippen LogP contribution is 2.18. The predicted octanol–water partition coefficient (Wildman–Crippen LogP) is 3.32. The van der Waals surface area contributed by atoms with Crippen molar-refractivity contribution in [3.63, 3.8) is 0 Å². The van der Waals surface area contributed by atoms with Crippen LogP contribution in [0.3, 0.4) is 0 Å². The average molecular weight is 170 g/mol. The summed E-state index contributed by atoms with van der Waals surface area (Å²) in [6, 6.07) is 4.02. The van der Waals surface area contributed by atoms with Gasteiger partial charge < -0.3 is 4.74 Å². The van der Waals surface area contributed by atoms with Gasteiger partial charge in [0, 0.05) is 0 Å². The Morgan fingerprint density at radius 3 is 3.00 bits per heavy atom. The lowest BCUT2D eigenvalue weighted by atomic mass is 10.3. The zero-order chi connectivity index (χ0) is 7.94. The van der Waals surface area contributed by atoms with Crippen LogP contribution in [0.25, 0.3) is 0 Å². The first-order chi connectivity index (χ1) is 5.43. The quantitative estimate of drug-likeness (QED) is 0.616. The molecule has 0 spiro atoms. The highest BCUT2D eigenvalue weighted by molar-refractivity contribution is 7.11. The molecule has 0 aromatic carbocycles. The summed E-state index contributed by atoms with van der Waals surface area (Å²) in [7, 11) is 0. The number of rotatable bonds is 5. The van der Waals surface area contributed by atoms with Gasteiger partial charge in [-0.15, -0.1) is 11.3 Å². The normalized spacial score (nSPS) is 9.91. The first kappa shape index (κ1) is 8.60. The monoisotopic (exact) mass is 170 g/mol. The van der Waals surface area contributed by atoms with Crippen LogP contribution in [0.4, 0.5) is 0 Å². The molecule has 0 aliphatic carbocycles. The maximum atomic E-state index is 5.47. The molecule has 0 aliphatic heterocycles. The number of hydrogen-bond acceptors (Lipinski definition) is 2. The molecule has 62 valence electrons. The number of thiophene rings is 1. The molecule has 0 unspecified atom stereocenters. The van der Waals surface area contributed by atoms with Crippen molar-refractivity contribution in [1.82, 2.24) is 0 Å². The van der Waals surface area contributed by atoms with Gasteiger partial charge in [0.1, 0.15) is 0 Å². The van der Waals surface area contributed by atoms with Crippen LogP contribution < -0.4 is 4.74 Å². The molecule has 1 rings (SSSR count). The number of hydrogen-bond donors (Lipinski definition) is 0. The van der Waals surface area contributed by atoms with E-state index in [1.54, 1.807) is 11.3 Å². The lowest BCUT2D eigenvalue weighted by Gasteiger charge is -2.00. The van der Waals surface area contributed by atoms with E-state index in [9.17, 15) is 0 Å². The fraction of sp³-hybridized carbons (Fsp3) is 0.556. The second kappa shape index (κ2) is 5.19. The van der Waals surface area contributed by atoms with E-state index in [2.05, 4.69) is 6.92 Å². The minimum absolute atomic E-state index is 0.869. The molecule has 1 aromatic heterocycles. The SMILES string of the molecule is CCCCCOc1cccs1. The van der Waals surface area contributed by atoms with Crippen LogP contribution in [0.15, 0.2) is 17.5 Å². The first-order valence-corrected chi connectivity index (χ1v) is 4.97. The molecule has 0 amide bonds. The smallest absolute Gasteiger partial charge is 0.173 e.